The SMILES string of the molecule is COc1ccc2cnc3c(-c4ccccc4)n(-c4ccccc4)c(=O)n3c2c1. The van der Waals surface area contributed by atoms with Crippen LogP contribution in [0.25, 0.3) is 33.5 Å². The molecule has 0 bridgehead atoms. The van der Waals surface area contributed by atoms with E-state index in [1.54, 1.807) is 22.3 Å². The molecule has 0 amide bonds. The van der Waals surface area contributed by atoms with Crippen LogP contribution in [-0.2, 0) is 0 Å². The van der Waals surface area contributed by atoms with Crippen LogP contribution in [0.15, 0.2) is 89.9 Å². The van der Waals surface area contributed by atoms with E-state index < -0.39 is 0 Å². The summed E-state index contributed by atoms with van der Waals surface area (Å²) >= 11 is 0. The average molecular weight is 367 g/mol. The molecule has 0 saturated carbocycles. The third-order valence-electron chi connectivity index (χ3n) is 4.90. The van der Waals surface area contributed by atoms with Crippen LogP contribution in [0.4, 0.5) is 0 Å². The first-order valence-electron chi connectivity index (χ1n) is 8.99. The Morgan fingerprint density at radius 3 is 2.32 bits per heavy atom. The van der Waals surface area contributed by atoms with Gasteiger partial charge >= 0.3 is 5.69 Å². The van der Waals surface area contributed by atoms with Gasteiger partial charge in [0.1, 0.15) is 11.4 Å². The number of methoxy groups -OCH3 is 1. The summed E-state index contributed by atoms with van der Waals surface area (Å²) in [6.07, 6.45) is 1.80. The van der Waals surface area contributed by atoms with Gasteiger partial charge in [0.15, 0.2) is 5.65 Å². The summed E-state index contributed by atoms with van der Waals surface area (Å²) in [7, 11) is 1.62. The summed E-state index contributed by atoms with van der Waals surface area (Å²) in [5, 5.41) is 0.875. The lowest BCUT2D eigenvalue weighted by atomic mass is 10.1. The van der Waals surface area contributed by atoms with Crippen molar-refractivity contribution < 1.29 is 4.74 Å². The first-order valence-corrected chi connectivity index (χ1v) is 8.99. The van der Waals surface area contributed by atoms with Crippen LogP contribution in [-0.4, -0.2) is 21.1 Å². The third kappa shape index (κ3) is 2.41. The first-order chi connectivity index (χ1) is 13.8. The van der Waals surface area contributed by atoms with Crippen LogP contribution < -0.4 is 10.4 Å². The zero-order chi connectivity index (χ0) is 19.1. The van der Waals surface area contributed by atoms with Crippen LogP contribution in [0.2, 0.25) is 0 Å². The zero-order valence-electron chi connectivity index (χ0n) is 15.2. The summed E-state index contributed by atoms with van der Waals surface area (Å²) < 4.78 is 8.75. The van der Waals surface area contributed by atoms with E-state index in [9.17, 15) is 4.79 Å². The van der Waals surface area contributed by atoms with Gasteiger partial charge in [-0.15, -0.1) is 0 Å². The van der Waals surface area contributed by atoms with E-state index >= 15 is 0 Å². The molecule has 0 N–H and O–H groups in total. The highest BCUT2D eigenvalue weighted by Crippen LogP contribution is 2.28. The first kappa shape index (κ1) is 16.3. The highest BCUT2D eigenvalue weighted by molar-refractivity contribution is 5.86. The Morgan fingerprint density at radius 1 is 0.893 bits per heavy atom. The summed E-state index contributed by atoms with van der Waals surface area (Å²) in [5.74, 6) is 0.695. The maximum absolute atomic E-state index is 13.6. The minimum atomic E-state index is -0.161. The molecule has 0 unspecified atom stereocenters. The van der Waals surface area contributed by atoms with E-state index in [1.165, 1.54) is 0 Å². The molecule has 136 valence electrons. The average Bonchev–Trinajstić information content (AvgIpc) is 3.07. The molecule has 5 heteroatoms. The highest BCUT2D eigenvalue weighted by Gasteiger charge is 2.20. The van der Waals surface area contributed by atoms with Crippen LogP contribution in [0, 0.1) is 0 Å². The molecule has 0 aliphatic carbocycles. The number of rotatable bonds is 3. The Bertz CT molecular complexity index is 1350. The number of aromatic nitrogens is 3. The molecule has 5 nitrogen and oxygen atoms in total. The van der Waals surface area contributed by atoms with Gasteiger partial charge < -0.3 is 4.74 Å². The van der Waals surface area contributed by atoms with E-state index in [1.807, 2.05) is 78.9 Å². The molecular weight excluding hydrogens is 350 g/mol. The molecule has 5 rings (SSSR count). The fourth-order valence-electron chi connectivity index (χ4n) is 3.58. The largest absolute Gasteiger partial charge is 0.497 e. The van der Waals surface area contributed by atoms with Gasteiger partial charge in [-0.3, -0.25) is 4.57 Å². The molecule has 0 atom stereocenters. The van der Waals surface area contributed by atoms with Crippen LogP contribution in [0.3, 0.4) is 0 Å². The van der Waals surface area contributed by atoms with Crippen molar-refractivity contribution in [1.82, 2.24) is 14.0 Å². The number of nitrogens with zero attached hydrogens (tertiary/aromatic N) is 3. The molecule has 3 aromatic carbocycles. The van der Waals surface area contributed by atoms with Crippen molar-refractivity contribution in [3.8, 4) is 22.7 Å². The van der Waals surface area contributed by atoms with E-state index in [0.717, 1.165) is 27.8 Å². The maximum atomic E-state index is 13.6. The third-order valence-corrected chi connectivity index (χ3v) is 4.90. The van der Waals surface area contributed by atoms with Gasteiger partial charge in [0.2, 0.25) is 0 Å². The molecule has 28 heavy (non-hydrogen) atoms. The van der Waals surface area contributed by atoms with Gasteiger partial charge in [0.05, 0.1) is 18.3 Å². The second-order valence-corrected chi connectivity index (χ2v) is 6.51. The predicted molar refractivity (Wildman–Crippen MR) is 110 cm³/mol. The normalized spacial score (nSPS) is 11.2. The molecule has 0 aliphatic heterocycles. The molecule has 0 radical (unpaired) electrons. The topological polar surface area (TPSA) is 48.5 Å². The lowest BCUT2D eigenvalue weighted by Gasteiger charge is -2.07. The molecule has 0 fully saturated rings. The fraction of sp³-hybridized carbons (Fsp3) is 0.0435. The number of benzene rings is 3. The lowest BCUT2D eigenvalue weighted by molar-refractivity contribution is 0.415. The van der Waals surface area contributed by atoms with E-state index in [-0.39, 0.29) is 5.69 Å². The summed E-state index contributed by atoms with van der Waals surface area (Å²) in [6, 6.07) is 25.2. The Morgan fingerprint density at radius 2 is 1.61 bits per heavy atom. The quantitative estimate of drug-likeness (QED) is 0.477. The summed E-state index contributed by atoms with van der Waals surface area (Å²) in [6.45, 7) is 0. The molecule has 2 aromatic heterocycles. The number of para-hydroxylation sites is 1. The Balaban J connectivity index is 1.98. The minimum Gasteiger partial charge on any atom is -0.497 e. The fourth-order valence-corrected chi connectivity index (χ4v) is 3.58. The molecule has 5 aromatic rings. The van der Waals surface area contributed by atoms with Crippen molar-refractivity contribution in [3.63, 3.8) is 0 Å². The summed E-state index contributed by atoms with van der Waals surface area (Å²) in [4.78, 5) is 18.2. The van der Waals surface area contributed by atoms with Crippen LogP contribution >= 0.6 is 0 Å². The standard InChI is InChI=1S/C23H17N3O2/c1-28-19-13-12-17-15-24-22-21(16-8-4-2-5-9-16)25(18-10-6-3-7-11-18)23(27)26(22)20(17)14-19/h2-15H,1H3. The van der Waals surface area contributed by atoms with Gasteiger partial charge in [-0.05, 0) is 24.3 Å². The van der Waals surface area contributed by atoms with E-state index in [4.69, 9.17) is 4.74 Å². The van der Waals surface area contributed by atoms with Gasteiger partial charge in [0, 0.05) is 23.2 Å². The van der Waals surface area contributed by atoms with E-state index in [0.29, 0.717) is 11.4 Å². The Kier molecular flexibility index (Phi) is 3.72. The lowest BCUT2D eigenvalue weighted by Crippen LogP contribution is -2.19. The van der Waals surface area contributed by atoms with Gasteiger partial charge in [-0.1, -0.05) is 48.5 Å². The van der Waals surface area contributed by atoms with Crippen LogP contribution in [0.1, 0.15) is 0 Å². The zero-order valence-corrected chi connectivity index (χ0v) is 15.2. The van der Waals surface area contributed by atoms with Crippen molar-refractivity contribution in [2.24, 2.45) is 0 Å². The molecule has 0 aliphatic rings. The van der Waals surface area contributed by atoms with Crippen molar-refractivity contribution >= 4 is 16.6 Å². The second kappa shape index (κ2) is 6.39. The van der Waals surface area contributed by atoms with Gasteiger partial charge in [-0.25, -0.2) is 14.2 Å². The van der Waals surface area contributed by atoms with Crippen molar-refractivity contribution in [1.29, 1.82) is 0 Å². The van der Waals surface area contributed by atoms with Gasteiger partial charge in [0.25, 0.3) is 0 Å². The molecule has 0 spiro atoms. The molecule has 2 heterocycles. The smallest absolute Gasteiger partial charge is 0.339 e. The van der Waals surface area contributed by atoms with Gasteiger partial charge in [-0.2, -0.15) is 0 Å². The number of hydrogen-bond acceptors (Lipinski definition) is 3. The van der Waals surface area contributed by atoms with Crippen molar-refractivity contribution in [2.45, 2.75) is 0 Å². The Hall–Kier alpha value is -3.86. The maximum Gasteiger partial charge on any atom is 0.339 e. The van der Waals surface area contributed by atoms with E-state index in [2.05, 4.69) is 4.98 Å². The van der Waals surface area contributed by atoms with Crippen molar-refractivity contribution in [3.05, 3.63) is 95.5 Å². The predicted octanol–water partition coefficient (Wildman–Crippen LogP) is 4.31. The minimum absolute atomic E-state index is 0.161. The summed E-state index contributed by atoms with van der Waals surface area (Å²) in [5.41, 5.74) is 3.71. The number of hydrogen-bond donors (Lipinski definition) is 0. The van der Waals surface area contributed by atoms with Crippen molar-refractivity contribution in [2.75, 3.05) is 7.11 Å². The molecule has 0 saturated heterocycles. The second-order valence-electron chi connectivity index (χ2n) is 6.51. The number of imidazole rings is 1. The monoisotopic (exact) mass is 367 g/mol. The number of fused-ring (bicyclic) bond motifs is 3. The highest BCUT2D eigenvalue weighted by atomic mass is 16.5. The van der Waals surface area contributed by atoms with Crippen LogP contribution in [0.5, 0.6) is 5.75 Å². The number of ether oxygens (including phenoxy) is 1. The Labute approximate surface area is 161 Å². The molecular formula is C23H17N3O2.